The van der Waals surface area contributed by atoms with Crippen LogP contribution in [0.25, 0.3) is 5.69 Å². The molecule has 6 nitrogen and oxygen atoms in total. The number of benzene rings is 2. The molecule has 0 radical (unpaired) electrons. The second-order valence-electron chi connectivity index (χ2n) is 8.72. The van der Waals surface area contributed by atoms with Gasteiger partial charge in [-0.1, -0.05) is 41.9 Å². The van der Waals surface area contributed by atoms with Crippen molar-refractivity contribution in [2.75, 3.05) is 11.9 Å². The number of halogens is 1. The van der Waals surface area contributed by atoms with E-state index >= 15 is 0 Å². The molecule has 2 aromatic heterocycles. The Bertz CT molecular complexity index is 1390. The smallest absolute Gasteiger partial charge is 0.226 e. The highest BCUT2D eigenvalue weighted by atomic mass is 35.5. The van der Waals surface area contributed by atoms with Gasteiger partial charge in [0.1, 0.15) is 0 Å². The standard InChI is InChI=1S/C28H26ClN5OS/c1-19-8-2-3-11-22(19)31-25(35)14-17-34-27(26(32-28(34)36)23-12-4-5-15-30-23)24-13-7-16-33(24)21-10-6-9-20(29)18-21/h2-13,15-16,18,26-27H,14,17H2,1H3,(H,31,35)(H,32,36)/t26-,27-/m0/s1. The molecule has 0 saturated carbocycles. The summed E-state index contributed by atoms with van der Waals surface area (Å²) in [6.45, 7) is 2.44. The molecule has 3 heterocycles. The first-order valence-electron chi connectivity index (χ1n) is 11.8. The largest absolute Gasteiger partial charge is 0.352 e. The van der Waals surface area contributed by atoms with Crippen molar-refractivity contribution >= 4 is 40.5 Å². The normalized spacial score (nSPS) is 17.2. The Hall–Kier alpha value is -3.68. The van der Waals surface area contributed by atoms with Crippen molar-refractivity contribution in [3.8, 4) is 5.69 Å². The van der Waals surface area contributed by atoms with E-state index in [-0.39, 0.29) is 18.0 Å². The first-order valence-corrected chi connectivity index (χ1v) is 12.6. The second-order valence-corrected chi connectivity index (χ2v) is 9.54. The van der Waals surface area contributed by atoms with Gasteiger partial charge in [0.2, 0.25) is 5.91 Å². The van der Waals surface area contributed by atoms with Gasteiger partial charge in [0.25, 0.3) is 0 Å². The van der Waals surface area contributed by atoms with Crippen LogP contribution in [0.1, 0.15) is 35.5 Å². The molecule has 0 bridgehead atoms. The first-order chi connectivity index (χ1) is 17.5. The average Bonchev–Trinajstić information content (AvgIpc) is 3.49. The van der Waals surface area contributed by atoms with Crippen molar-refractivity contribution in [3.63, 3.8) is 0 Å². The molecular weight excluding hydrogens is 490 g/mol. The van der Waals surface area contributed by atoms with Crippen LogP contribution in [0.2, 0.25) is 5.02 Å². The molecule has 8 heteroatoms. The molecule has 36 heavy (non-hydrogen) atoms. The Morgan fingerprint density at radius 2 is 1.92 bits per heavy atom. The van der Waals surface area contributed by atoms with Gasteiger partial charge in [0, 0.05) is 47.5 Å². The zero-order valence-electron chi connectivity index (χ0n) is 19.8. The van der Waals surface area contributed by atoms with Gasteiger partial charge < -0.3 is 20.1 Å². The van der Waals surface area contributed by atoms with E-state index in [0.29, 0.717) is 23.1 Å². The molecule has 4 aromatic rings. The molecule has 1 fully saturated rings. The lowest BCUT2D eigenvalue weighted by Gasteiger charge is -2.29. The van der Waals surface area contributed by atoms with Gasteiger partial charge in [0.15, 0.2) is 5.11 Å². The van der Waals surface area contributed by atoms with E-state index < -0.39 is 0 Å². The number of amides is 1. The number of nitrogens with one attached hydrogen (secondary N) is 2. The predicted molar refractivity (Wildman–Crippen MR) is 147 cm³/mol. The molecule has 1 amide bonds. The third-order valence-corrected chi connectivity index (χ3v) is 6.95. The molecule has 2 aromatic carbocycles. The van der Waals surface area contributed by atoms with E-state index in [4.69, 9.17) is 23.8 Å². The van der Waals surface area contributed by atoms with Crippen LogP contribution >= 0.6 is 23.8 Å². The molecule has 1 aliphatic heterocycles. The summed E-state index contributed by atoms with van der Waals surface area (Å²) in [6, 6.07) is 25.1. The molecule has 0 unspecified atom stereocenters. The number of aromatic nitrogens is 2. The summed E-state index contributed by atoms with van der Waals surface area (Å²) in [7, 11) is 0. The van der Waals surface area contributed by atoms with Gasteiger partial charge in [-0.05, 0) is 73.2 Å². The number of nitrogens with zero attached hydrogens (tertiary/aromatic N) is 3. The average molecular weight is 516 g/mol. The van der Waals surface area contributed by atoms with Crippen LogP contribution in [-0.4, -0.2) is 32.0 Å². The number of thiocarbonyl (C=S) groups is 1. The fraction of sp³-hybridized carbons (Fsp3) is 0.179. The molecule has 5 rings (SSSR count). The van der Waals surface area contributed by atoms with Crippen LogP contribution in [0.15, 0.2) is 91.3 Å². The van der Waals surface area contributed by atoms with Crippen LogP contribution < -0.4 is 10.6 Å². The summed E-state index contributed by atoms with van der Waals surface area (Å²) in [6.07, 6.45) is 4.09. The van der Waals surface area contributed by atoms with Crippen molar-refractivity contribution in [2.45, 2.75) is 25.4 Å². The number of carbonyl (C=O) groups excluding carboxylic acids is 1. The lowest BCUT2D eigenvalue weighted by atomic mass is 10.0. The van der Waals surface area contributed by atoms with Gasteiger partial charge in [-0.25, -0.2) is 0 Å². The topological polar surface area (TPSA) is 62.2 Å². The lowest BCUT2D eigenvalue weighted by molar-refractivity contribution is -0.116. The molecule has 2 atom stereocenters. The summed E-state index contributed by atoms with van der Waals surface area (Å²) < 4.78 is 2.11. The summed E-state index contributed by atoms with van der Waals surface area (Å²) in [5, 5.41) is 7.74. The fourth-order valence-corrected chi connectivity index (χ4v) is 5.13. The highest BCUT2D eigenvalue weighted by Gasteiger charge is 2.41. The van der Waals surface area contributed by atoms with E-state index in [1.807, 2.05) is 85.9 Å². The van der Waals surface area contributed by atoms with Gasteiger partial charge >= 0.3 is 0 Å². The minimum atomic E-state index is -0.175. The quantitative estimate of drug-likeness (QED) is 0.303. The Kier molecular flexibility index (Phi) is 7.02. The molecule has 2 N–H and O–H groups in total. The van der Waals surface area contributed by atoms with Crippen molar-refractivity contribution in [1.29, 1.82) is 0 Å². The van der Waals surface area contributed by atoms with Crippen molar-refractivity contribution in [2.24, 2.45) is 0 Å². The number of anilines is 1. The third-order valence-electron chi connectivity index (χ3n) is 6.37. The summed E-state index contributed by atoms with van der Waals surface area (Å²) in [5.41, 5.74) is 4.71. The van der Waals surface area contributed by atoms with Crippen LogP contribution in [0.5, 0.6) is 0 Å². The van der Waals surface area contributed by atoms with Gasteiger partial charge in [-0.2, -0.15) is 0 Å². The Morgan fingerprint density at radius 1 is 1.08 bits per heavy atom. The number of aryl methyl sites for hydroxylation is 1. The predicted octanol–water partition coefficient (Wildman–Crippen LogP) is 5.84. The lowest BCUT2D eigenvalue weighted by Crippen LogP contribution is -2.33. The Labute approximate surface area is 220 Å². The second kappa shape index (κ2) is 10.5. The number of pyridine rings is 1. The highest BCUT2D eigenvalue weighted by molar-refractivity contribution is 7.80. The molecular formula is C28H26ClN5OS. The van der Waals surface area contributed by atoms with Gasteiger partial charge in [-0.15, -0.1) is 0 Å². The minimum absolute atomic E-state index is 0.0580. The van der Waals surface area contributed by atoms with Crippen LogP contribution in [0.4, 0.5) is 5.69 Å². The maximum Gasteiger partial charge on any atom is 0.226 e. The maximum absolute atomic E-state index is 12.9. The van der Waals surface area contributed by atoms with Crippen LogP contribution in [-0.2, 0) is 4.79 Å². The molecule has 182 valence electrons. The van der Waals surface area contributed by atoms with Gasteiger partial charge in [0.05, 0.1) is 17.8 Å². The number of carbonyl (C=O) groups is 1. The monoisotopic (exact) mass is 515 g/mol. The number of hydrogen-bond acceptors (Lipinski definition) is 3. The van der Waals surface area contributed by atoms with Crippen molar-refractivity contribution in [3.05, 3.63) is 113 Å². The van der Waals surface area contributed by atoms with Crippen molar-refractivity contribution in [1.82, 2.24) is 19.8 Å². The van der Waals surface area contributed by atoms with E-state index in [9.17, 15) is 4.79 Å². The van der Waals surface area contributed by atoms with E-state index in [1.165, 1.54) is 0 Å². The molecule has 1 saturated heterocycles. The van der Waals surface area contributed by atoms with E-state index in [2.05, 4.69) is 31.2 Å². The Balaban J connectivity index is 1.45. The fourth-order valence-electron chi connectivity index (χ4n) is 4.61. The summed E-state index contributed by atoms with van der Waals surface area (Å²) in [5.74, 6) is -0.0580. The van der Waals surface area contributed by atoms with Crippen molar-refractivity contribution < 1.29 is 4.79 Å². The number of hydrogen-bond donors (Lipinski definition) is 2. The summed E-state index contributed by atoms with van der Waals surface area (Å²) >= 11 is 12.1. The Morgan fingerprint density at radius 3 is 2.69 bits per heavy atom. The zero-order chi connectivity index (χ0) is 25.1. The highest BCUT2D eigenvalue weighted by Crippen LogP contribution is 2.39. The van der Waals surface area contributed by atoms with E-state index in [0.717, 1.165) is 28.3 Å². The minimum Gasteiger partial charge on any atom is -0.352 e. The van der Waals surface area contributed by atoms with Crippen LogP contribution in [0.3, 0.4) is 0 Å². The molecule has 0 spiro atoms. The van der Waals surface area contributed by atoms with Crippen LogP contribution in [0, 0.1) is 6.92 Å². The van der Waals surface area contributed by atoms with E-state index in [1.54, 1.807) is 6.20 Å². The maximum atomic E-state index is 12.9. The molecule has 0 aliphatic carbocycles. The third kappa shape index (κ3) is 4.98. The number of rotatable bonds is 7. The van der Waals surface area contributed by atoms with Gasteiger partial charge in [-0.3, -0.25) is 9.78 Å². The molecule has 1 aliphatic rings. The SMILES string of the molecule is Cc1ccccc1NC(=O)CCN1C(=S)N[C@@H](c2ccccn2)[C@@H]1c1cccn1-c1cccc(Cl)c1. The first kappa shape index (κ1) is 24.0. The number of para-hydroxylation sites is 1. The summed E-state index contributed by atoms with van der Waals surface area (Å²) in [4.78, 5) is 19.6. The zero-order valence-corrected chi connectivity index (χ0v) is 21.3.